The summed E-state index contributed by atoms with van der Waals surface area (Å²) in [7, 11) is -3.22. The fraction of sp³-hybridized carbons (Fsp3) is 0.167. The van der Waals surface area contributed by atoms with Gasteiger partial charge < -0.3 is 20.9 Å². The van der Waals surface area contributed by atoms with Crippen LogP contribution in [0.15, 0.2) is 48.5 Å². The first-order valence-electron chi connectivity index (χ1n) is 8.56. The van der Waals surface area contributed by atoms with Crippen LogP contribution in [0.25, 0.3) is 11.1 Å². The quantitative estimate of drug-likeness (QED) is 0.577. The van der Waals surface area contributed by atoms with Gasteiger partial charge in [0.1, 0.15) is 12.0 Å². The van der Waals surface area contributed by atoms with Gasteiger partial charge in [0.05, 0.1) is 5.30 Å². The third-order valence-corrected chi connectivity index (χ3v) is 6.32. The lowest BCUT2D eigenvalue weighted by atomic mass is 10.0. The minimum absolute atomic E-state index is 0.0351. The van der Waals surface area contributed by atoms with Gasteiger partial charge >= 0.3 is 0 Å². The molecule has 27 heavy (non-hydrogen) atoms. The predicted molar refractivity (Wildman–Crippen MR) is 107 cm³/mol. The summed E-state index contributed by atoms with van der Waals surface area (Å²) in [5.41, 5.74) is 7.57. The number of nitrogens with one attached hydrogen (secondary N) is 2. The van der Waals surface area contributed by atoms with Crippen molar-refractivity contribution in [1.29, 1.82) is 0 Å². The normalized spacial score (nSPS) is 17.4. The van der Waals surface area contributed by atoms with Crippen molar-refractivity contribution in [1.82, 2.24) is 15.0 Å². The maximum atomic E-state index is 13.7. The summed E-state index contributed by atoms with van der Waals surface area (Å²) in [5.74, 6) is 1.29. The second-order valence-electron chi connectivity index (χ2n) is 5.98. The first-order chi connectivity index (χ1) is 13.1. The van der Waals surface area contributed by atoms with Crippen LogP contribution in [0, 0.1) is 0 Å². The van der Waals surface area contributed by atoms with Gasteiger partial charge in [-0.1, -0.05) is 36.4 Å². The highest BCUT2D eigenvalue weighted by Crippen LogP contribution is 2.54. The van der Waals surface area contributed by atoms with Crippen molar-refractivity contribution in [3.8, 4) is 16.9 Å². The number of benzene rings is 2. The van der Waals surface area contributed by atoms with E-state index < -0.39 is 7.37 Å². The van der Waals surface area contributed by atoms with Crippen LogP contribution in [-0.2, 0) is 4.57 Å². The highest BCUT2D eigenvalue weighted by atomic mass is 31.2. The molecule has 0 aliphatic carbocycles. The number of nitrogen functional groups attached to an aromatic ring is 1. The van der Waals surface area contributed by atoms with E-state index in [4.69, 9.17) is 10.3 Å². The molecule has 4 N–H and O–H groups in total. The molecule has 2 heterocycles. The third-order valence-electron chi connectivity index (χ3n) is 4.13. The predicted octanol–water partition coefficient (Wildman–Crippen LogP) is 2.92. The molecule has 0 amide bonds. The summed E-state index contributed by atoms with van der Waals surface area (Å²) in [6.07, 6.45) is 0.0351. The Balaban J connectivity index is 1.66. The Morgan fingerprint density at radius 2 is 1.63 bits per heavy atom. The smallest absolute Gasteiger partial charge is 0.296 e. The van der Waals surface area contributed by atoms with Crippen molar-refractivity contribution >= 4 is 30.5 Å². The van der Waals surface area contributed by atoms with Crippen molar-refractivity contribution in [3.05, 3.63) is 48.5 Å². The minimum atomic E-state index is -3.22. The molecule has 1 aliphatic rings. The Bertz CT molecular complexity index is 1040. The molecule has 9 heteroatoms. The Hall–Kier alpha value is -3.12. The van der Waals surface area contributed by atoms with Crippen LogP contribution >= 0.6 is 7.37 Å². The number of hydrogen-bond donors (Lipinski definition) is 3. The minimum Gasteiger partial charge on any atom is -0.438 e. The molecule has 1 aliphatic heterocycles. The van der Waals surface area contributed by atoms with E-state index in [1.54, 1.807) is 0 Å². The summed E-state index contributed by atoms with van der Waals surface area (Å²) in [4.78, 5) is 12.3. The number of nitrogens with zero attached hydrogens (tertiary/aromatic N) is 3. The Morgan fingerprint density at radius 3 is 2.41 bits per heavy atom. The van der Waals surface area contributed by atoms with Gasteiger partial charge in [0.25, 0.3) is 7.37 Å². The summed E-state index contributed by atoms with van der Waals surface area (Å²) in [6, 6.07) is 15.1. The Labute approximate surface area is 156 Å². The van der Waals surface area contributed by atoms with E-state index in [0.29, 0.717) is 23.5 Å². The third kappa shape index (κ3) is 3.31. The molecule has 1 aromatic heterocycles. The van der Waals surface area contributed by atoms with Gasteiger partial charge in [-0.15, -0.1) is 0 Å². The number of rotatable bonds is 5. The molecule has 3 aromatic rings. The average molecular weight is 382 g/mol. The summed E-state index contributed by atoms with van der Waals surface area (Å²) < 4.78 is 19.6. The van der Waals surface area contributed by atoms with Crippen LogP contribution < -0.4 is 26.2 Å². The zero-order chi connectivity index (χ0) is 18.9. The van der Waals surface area contributed by atoms with E-state index in [-0.39, 0.29) is 18.2 Å². The Morgan fingerprint density at radius 1 is 0.963 bits per heavy atom. The van der Waals surface area contributed by atoms with Crippen molar-refractivity contribution < 1.29 is 9.09 Å². The molecule has 0 bridgehead atoms. The highest BCUT2D eigenvalue weighted by Gasteiger charge is 2.35. The molecule has 0 saturated carbocycles. The first kappa shape index (κ1) is 17.3. The van der Waals surface area contributed by atoms with Crippen molar-refractivity contribution in [2.24, 2.45) is 0 Å². The van der Waals surface area contributed by atoms with Crippen LogP contribution in [-0.4, -0.2) is 27.8 Å². The number of fused-ring (bicyclic) bond motifs is 3. The van der Waals surface area contributed by atoms with Crippen LogP contribution in [0.2, 0.25) is 0 Å². The molecule has 0 fully saturated rings. The lowest BCUT2D eigenvalue weighted by Crippen LogP contribution is -2.23. The number of hydrogen-bond acceptors (Lipinski definition) is 8. The molecule has 0 spiro atoms. The maximum absolute atomic E-state index is 13.7. The molecular weight excluding hydrogens is 363 g/mol. The maximum Gasteiger partial charge on any atom is 0.296 e. The van der Waals surface area contributed by atoms with E-state index in [2.05, 4.69) is 25.6 Å². The van der Waals surface area contributed by atoms with E-state index >= 15 is 0 Å². The topological polar surface area (TPSA) is 115 Å². The van der Waals surface area contributed by atoms with E-state index in [1.807, 2.05) is 55.5 Å². The van der Waals surface area contributed by atoms with E-state index in [9.17, 15) is 4.57 Å². The molecule has 0 saturated heterocycles. The molecule has 0 radical (unpaired) electrons. The van der Waals surface area contributed by atoms with Crippen molar-refractivity contribution in [2.45, 2.75) is 6.92 Å². The second-order valence-corrected chi connectivity index (χ2v) is 8.31. The standard InChI is InChI=1S/C18H19N6O2P/c1-2-20-17-22-16(19)23-18(24-17)21-11-27(25)15-10-6-4-8-13(15)12-7-3-5-9-14(12)26-27/h3-10H,2,11H2,1H3,(H4,19,20,21,22,23,24). The zero-order valence-electron chi connectivity index (χ0n) is 14.7. The molecular formula is C18H19N6O2P. The van der Waals surface area contributed by atoms with Crippen LogP contribution in [0.5, 0.6) is 5.75 Å². The number of nitrogens with two attached hydrogens (primary N) is 1. The summed E-state index contributed by atoms with van der Waals surface area (Å²) in [6.45, 7) is 2.57. The number of aromatic nitrogens is 3. The lowest BCUT2D eigenvalue weighted by molar-refractivity contribution is 0.493. The fourth-order valence-electron chi connectivity index (χ4n) is 2.98. The van der Waals surface area contributed by atoms with Crippen molar-refractivity contribution in [2.75, 3.05) is 29.2 Å². The van der Waals surface area contributed by atoms with Gasteiger partial charge in [0.15, 0.2) is 0 Å². The van der Waals surface area contributed by atoms with Crippen LogP contribution in [0.4, 0.5) is 17.8 Å². The number of anilines is 3. The molecule has 4 rings (SSSR count). The van der Waals surface area contributed by atoms with Gasteiger partial charge in [0.2, 0.25) is 17.8 Å². The zero-order valence-corrected chi connectivity index (χ0v) is 15.6. The molecule has 138 valence electrons. The van der Waals surface area contributed by atoms with Gasteiger partial charge in [-0.2, -0.15) is 15.0 Å². The first-order valence-corrected chi connectivity index (χ1v) is 10.4. The van der Waals surface area contributed by atoms with E-state index in [0.717, 1.165) is 11.1 Å². The molecule has 1 atom stereocenters. The fourth-order valence-corrected chi connectivity index (χ4v) is 5.01. The highest BCUT2D eigenvalue weighted by molar-refractivity contribution is 7.67. The summed E-state index contributed by atoms with van der Waals surface area (Å²) in [5, 5.41) is 6.65. The monoisotopic (exact) mass is 382 g/mol. The van der Waals surface area contributed by atoms with Gasteiger partial charge in [0, 0.05) is 12.1 Å². The molecule has 8 nitrogen and oxygen atoms in total. The molecule has 1 unspecified atom stereocenters. The van der Waals surface area contributed by atoms with Gasteiger partial charge in [-0.25, -0.2) is 0 Å². The van der Waals surface area contributed by atoms with Crippen LogP contribution in [0.3, 0.4) is 0 Å². The lowest BCUT2D eigenvalue weighted by Gasteiger charge is -2.28. The van der Waals surface area contributed by atoms with Gasteiger partial charge in [-0.3, -0.25) is 4.57 Å². The SMILES string of the molecule is CCNc1nc(N)nc(NCP2(=O)Oc3ccccc3-c3ccccc32)n1. The largest absolute Gasteiger partial charge is 0.438 e. The van der Waals surface area contributed by atoms with Crippen molar-refractivity contribution in [3.63, 3.8) is 0 Å². The van der Waals surface area contributed by atoms with E-state index in [1.165, 1.54) is 0 Å². The number of para-hydroxylation sites is 1. The second kappa shape index (κ2) is 6.89. The van der Waals surface area contributed by atoms with Gasteiger partial charge in [-0.05, 0) is 24.6 Å². The van der Waals surface area contributed by atoms with Crippen LogP contribution in [0.1, 0.15) is 6.92 Å². The average Bonchev–Trinajstić information content (AvgIpc) is 2.67. The summed E-state index contributed by atoms with van der Waals surface area (Å²) >= 11 is 0. The Kier molecular flexibility index (Phi) is 4.41. The molecule has 2 aromatic carbocycles.